The Morgan fingerprint density at radius 2 is 1.95 bits per heavy atom. The van der Waals surface area contributed by atoms with E-state index in [1.165, 1.54) is 0 Å². The number of nitrogens with one attached hydrogen (secondary N) is 2. The second-order valence-electron chi connectivity index (χ2n) is 4.91. The average molecular weight is 305 g/mol. The molecule has 1 atom stereocenters. The van der Waals surface area contributed by atoms with Gasteiger partial charge in [-0.2, -0.15) is 0 Å². The summed E-state index contributed by atoms with van der Waals surface area (Å²) in [6.07, 6.45) is 1.58. The third-order valence-corrected chi connectivity index (χ3v) is 4.61. The number of aryl methyl sites for hydroxylation is 1. The van der Waals surface area contributed by atoms with E-state index in [0.717, 1.165) is 11.1 Å². The van der Waals surface area contributed by atoms with Crippen LogP contribution in [-0.2, 0) is 10.0 Å². The number of sulfonamides is 1. The average Bonchev–Trinajstić information content (AvgIpc) is 2.46. The van der Waals surface area contributed by atoms with Crippen LogP contribution in [0.4, 0.5) is 5.82 Å². The van der Waals surface area contributed by atoms with Gasteiger partial charge in [-0.05, 0) is 56.3 Å². The Bertz CT molecular complexity index is 729. The van der Waals surface area contributed by atoms with Crippen LogP contribution in [0.25, 0.3) is 0 Å². The smallest absolute Gasteiger partial charge is 0.263 e. The van der Waals surface area contributed by atoms with Crippen LogP contribution in [0.5, 0.6) is 0 Å². The van der Waals surface area contributed by atoms with Gasteiger partial charge in [-0.25, -0.2) is 13.4 Å². The second kappa shape index (κ2) is 6.24. The molecule has 0 saturated carbocycles. The van der Waals surface area contributed by atoms with Gasteiger partial charge < -0.3 is 5.32 Å². The van der Waals surface area contributed by atoms with Gasteiger partial charge in [0.05, 0.1) is 4.90 Å². The molecule has 6 heteroatoms. The van der Waals surface area contributed by atoms with Crippen molar-refractivity contribution in [2.24, 2.45) is 0 Å². The fourth-order valence-corrected chi connectivity index (χ4v) is 2.96. The van der Waals surface area contributed by atoms with Crippen molar-refractivity contribution in [3.8, 4) is 0 Å². The third-order valence-electron chi connectivity index (χ3n) is 3.26. The highest BCUT2D eigenvalue weighted by atomic mass is 32.2. The Balaban J connectivity index is 2.31. The summed E-state index contributed by atoms with van der Waals surface area (Å²) in [6.45, 7) is 3.86. The number of benzene rings is 1. The zero-order valence-electron chi connectivity index (χ0n) is 12.3. The minimum absolute atomic E-state index is 0.0808. The molecule has 1 heterocycles. The molecule has 0 aliphatic heterocycles. The Labute approximate surface area is 125 Å². The minimum Gasteiger partial charge on any atom is -0.313 e. The molecule has 112 valence electrons. The summed E-state index contributed by atoms with van der Waals surface area (Å²) in [5, 5.41) is 3.09. The van der Waals surface area contributed by atoms with Gasteiger partial charge in [-0.3, -0.25) is 4.72 Å². The number of pyridine rings is 1. The van der Waals surface area contributed by atoms with Gasteiger partial charge in [0.15, 0.2) is 0 Å². The lowest BCUT2D eigenvalue weighted by Crippen LogP contribution is -2.16. The normalized spacial score (nSPS) is 12.9. The predicted octanol–water partition coefficient (Wildman–Crippen LogP) is 2.47. The molecule has 2 aromatic rings. The quantitative estimate of drug-likeness (QED) is 0.890. The molecule has 2 rings (SSSR count). The van der Waals surface area contributed by atoms with Gasteiger partial charge in [0.2, 0.25) is 0 Å². The SMILES string of the molecule is CNC(C)c1cccc(S(=O)(=O)Nc2cc(C)ccn2)c1. The highest BCUT2D eigenvalue weighted by molar-refractivity contribution is 7.92. The summed E-state index contributed by atoms with van der Waals surface area (Å²) in [7, 11) is -1.80. The predicted molar refractivity (Wildman–Crippen MR) is 83.7 cm³/mol. The van der Waals surface area contributed by atoms with Gasteiger partial charge in [0.1, 0.15) is 5.82 Å². The standard InChI is InChI=1S/C15H19N3O2S/c1-11-7-8-17-15(9-11)18-21(19,20)14-6-4-5-13(10-14)12(2)16-3/h4-10,12,16H,1-3H3,(H,17,18). The maximum absolute atomic E-state index is 12.4. The summed E-state index contributed by atoms with van der Waals surface area (Å²) in [4.78, 5) is 4.25. The first-order chi connectivity index (χ1) is 9.92. The van der Waals surface area contributed by atoms with Crippen molar-refractivity contribution in [1.82, 2.24) is 10.3 Å². The lowest BCUT2D eigenvalue weighted by Gasteiger charge is -2.13. The monoisotopic (exact) mass is 305 g/mol. The fourth-order valence-electron chi connectivity index (χ4n) is 1.91. The number of hydrogen-bond donors (Lipinski definition) is 2. The van der Waals surface area contributed by atoms with E-state index in [2.05, 4.69) is 15.0 Å². The van der Waals surface area contributed by atoms with Crippen LogP contribution in [0.1, 0.15) is 24.1 Å². The van der Waals surface area contributed by atoms with E-state index < -0.39 is 10.0 Å². The van der Waals surface area contributed by atoms with Crippen molar-refractivity contribution in [2.75, 3.05) is 11.8 Å². The highest BCUT2D eigenvalue weighted by Crippen LogP contribution is 2.19. The largest absolute Gasteiger partial charge is 0.313 e. The fraction of sp³-hybridized carbons (Fsp3) is 0.267. The van der Waals surface area contributed by atoms with Crippen LogP contribution in [0.15, 0.2) is 47.5 Å². The summed E-state index contributed by atoms with van der Waals surface area (Å²) in [5.41, 5.74) is 1.86. The number of hydrogen-bond acceptors (Lipinski definition) is 4. The highest BCUT2D eigenvalue weighted by Gasteiger charge is 2.16. The molecular weight excluding hydrogens is 286 g/mol. The lowest BCUT2D eigenvalue weighted by atomic mass is 10.1. The summed E-state index contributed by atoms with van der Waals surface area (Å²) in [6, 6.07) is 10.5. The number of rotatable bonds is 5. The molecule has 5 nitrogen and oxygen atoms in total. The molecule has 0 amide bonds. The molecule has 0 bridgehead atoms. The summed E-state index contributed by atoms with van der Waals surface area (Å²) >= 11 is 0. The minimum atomic E-state index is -3.63. The lowest BCUT2D eigenvalue weighted by molar-refractivity contribution is 0.600. The van der Waals surface area contributed by atoms with Crippen LogP contribution < -0.4 is 10.0 Å². The number of aromatic nitrogens is 1. The van der Waals surface area contributed by atoms with E-state index in [9.17, 15) is 8.42 Å². The molecule has 0 saturated heterocycles. The third kappa shape index (κ3) is 3.80. The van der Waals surface area contributed by atoms with E-state index in [4.69, 9.17) is 0 Å². The summed E-state index contributed by atoms with van der Waals surface area (Å²) in [5.74, 6) is 0.321. The van der Waals surface area contributed by atoms with E-state index in [0.29, 0.717) is 5.82 Å². The number of nitrogens with zero attached hydrogens (tertiary/aromatic N) is 1. The molecule has 0 fully saturated rings. The van der Waals surface area contributed by atoms with Gasteiger partial charge in [-0.1, -0.05) is 12.1 Å². The zero-order chi connectivity index (χ0) is 15.5. The molecule has 2 N–H and O–H groups in total. The van der Waals surface area contributed by atoms with Crippen molar-refractivity contribution < 1.29 is 8.42 Å². The van der Waals surface area contributed by atoms with Crippen LogP contribution in [-0.4, -0.2) is 20.4 Å². The molecule has 1 aromatic carbocycles. The van der Waals surface area contributed by atoms with Crippen LogP contribution in [0.3, 0.4) is 0 Å². The van der Waals surface area contributed by atoms with E-state index in [1.54, 1.807) is 30.5 Å². The molecule has 21 heavy (non-hydrogen) atoms. The Hall–Kier alpha value is -1.92. The van der Waals surface area contributed by atoms with Crippen molar-refractivity contribution in [2.45, 2.75) is 24.8 Å². The van der Waals surface area contributed by atoms with Crippen molar-refractivity contribution in [1.29, 1.82) is 0 Å². The van der Waals surface area contributed by atoms with Crippen molar-refractivity contribution >= 4 is 15.8 Å². The summed E-state index contributed by atoms with van der Waals surface area (Å²) < 4.78 is 27.3. The molecule has 1 unspecified atom stereocenters. The second-order valence-corrected chi connectivity index (χ2v) is 6.59. The molecule has 0 aliphatic rings. The Morgan fingerprint density at radius 1 is 1.19 bits per heavy atom. The van der Waals surface area contributed by atoms with E-state index >= 15 is 0 Å². The number of anilines is 1. The first-order valence-electron chi connectivity index (χ1n) is 6.65. The van der Waals surface area contributed by atoms with Crippen molar-refractivity contribution in [3.63, 3.8) is 0 Å². The Morgan fingerprint density at radius 3 is 2.62 bits per heavy atom. The molecule has 0 radical (unpaired) electrons. The van der Waals surface area contributed by atoms with Crippen LogP contribution in [0, 0.1) is 6.92 Å². The molecule has 0 aliphatic carbocycles. The van der Waals surface area contributed by atoms with E-state index in [1.807, 2.05) is 33.0 Å². The van der Waals surface area contributed by atoms with Gasteiger partial charge in [0.25, 0.3) is 10.0 Å². The van der Waals surface area contributed by atoms with Gasteiger partial charge in [-0.15, -0.1) is 0 Å². The first kappa shape index (κ1) is 15.5. The van der Waals surface area contributed by atoms with E-state index in [-0.39, 0.29) is 10.9 Å². The maximum Gasteiger partial charge on any atom is 0.263 e. The molecular formula is C15H19N3O2S. The Kier molecular flexibility index (Phi) is 4.59. The van der Waals surface area contributed by atoms with Crippen LogP contribution in [0.2, 0.25) is 0 Å². The molecule has 0 spiro atoms. The topological polar surface area (TPSA) is 71.1 Å². The maximum atomic E-state index is 12.4. The van der Waals surface area contributed by atoms with Crippen molar-refractivity contribution in [3.05, 3.63) is 53.7 Å². The van der Waals surface area contributed by atoms with Gasteiger partial charge in [0, 0.05) is 12.2 Å². The van der Waals surface area contributed by atoms with Crippen LogP contribution >= 0.6 is 0 Å². The molecule has 1 aromatic heterocycles. The zero-order valence-corrected chi connectivity index (χ0v) is 13.1. The van der Waals surface area contributed by atoms with Gasteiger partial charge >= 0.3 is 0 Å². The first-order valence-corrected chi connectivity index (χ1v) is 8.13.